The Hall–Kier alpha value is -7.55. The topological polar surface area (TPSA) is 180 Å². The number of hydrogen-bond donors (Lipinski definition) is 3. The van der Waals surface area contributed by atoms with Crippen molar-refractivity contribution in [1.82, 2.24) is 25.6 Å². The average molecular weight is 951 g/mol. The summed E-state index contributed by atoms with van der Waals surface area (Å²) in [5.74, 6) is -0.557. The Bertz CT molecular complexity index is 3290. The summed E-state index contributed by atoms with van der Waals surface area (Å²) in [7, 11) is 0. The summed E-state index contributed by atoms with van der Waals surface area (Å²) in [5.41, 5.74) is 3.95. The molecule has 342 valence electrons. The summed E-state index contributed by atoms with van der Waals surface area (Å²) < 4.78 is 39.7. The third kappa shape index (κ3) is 7.22. The number of aromatic amines is 1. The van der Waals surface area contributed by atoms with Crippen LogP contribution in [0.5, 0.6) is 11.5 Å². The molecule has 8 aromatic rings. The molecule has 0 saturated carbocycles. The minimum absolute atomic E-state index is 0.0108. The maximum atomic E-state index is 14.7. The molecule has 1 spiro atoms. The fourth-order valence-electron chi connectivity index (χ4n) is 9.48. The van der Waals surface area contributed by atoms with E-state index < -0.39 is 41.8 Å². The standard InChI is InChI=1S/C52H41Cl2N5O9/c1-26(2)40-48-58-41-44(68-48)52(33-18-10-17-32(42(33)67-50(52)65-27(3)60)31-16-11-19-35-38(31)39(45(53)55-35)43-46(54)59-49(41)66-43)34-22-30(20-21-37(34)63-24-28-12-6-4-7-13-28)23-36(47(61)57-40)56-51(62)64-25-29-14-8-5-9-15-29/h4-22,26,36,40,50,55H,23-25H2,1-3H3,(H,56,62)(H,57,61)/t36-,40-,50+,52-/m0/s1. The van der Waals surface area contributed by atoms with Crippen molar-refractivity contribution >= 4 is 52.1 Å². The van der Waals surface area contributed by atoms with Crippen LogP contribution in [0.2, 0.25) is 10.3 Å². The second-order valence-corrected chi connectivity index (χ2v) is 18.0. The predicted molar refractivity (Wildman–Crippen MR) is 251 cm³/mol. The first kappa shape index (κ1) is 43.0. The molecular formula is C52H41Cl2N5O9. The van der Waals surface area contributed by atoms with Crippen molar-refractivity contribution in [1.29, 1.82) is 0 Å². The van der Waals surface area contributed by atoms with E-state index in [0.29, 0.717) is 55.8 Å². The van der Waals surface area contributed by atoms with E-state index in [4.69, 9.17) is 61.0 Å². The molecule has 0 aliphatic carbocycles. The van der Waals surface area contributed by atoms with Gasteiger partial charge in [0.25, 0.3) is 12.2 Å². The third-order valence-corrected chi connectivity index (χ3v) is 13.1. The number of benzene rings is 5. The van der Waals surface area contributed by atoms with Gasteiger partial charge in [-0.05, 0) is 40.3 Å². The Labute approximate surface area is 398 Å². The summed E-state index contributed by atoms with van der Waals surface area (Å²) in [6.45, 7) is 5.20. The number of amides is 2. The average Bonchev–Trinajstić information content (AvgIpc) is 4.10. The van der Waals surface area contributed by atoms with Gasteiger partial charge in [-0.25, -0.2) is 9.78 Å². The number of esters is 1. The Morgan fingerprint density at radius 1 is 0.868 bits per heavy atom. The summed E-state index contributed by atoms with van der Waals surface area (Å²) in [5, 5.41) is 6.84. The van der Waals surface area contributed by atoms with Crippen molar-refractivity contribution in [2.24, 2.45) is 5.92 Å². The molecule has 10 bridgehead atoms. The number of halogens is 2. The van der Waals surface area contributed by atoms with Crippen LogP contribution in [0.3, 0.4) is 0 Å². The van der Waals surface area contributed by atoms with Crippen molar-refractivity contribution in [3.63, 3.8) is 0 Å². The summed E-state index contributed by atoms with van der Waals surface area (Å²) >= 11 is 14.1. The predicted octanol–water partition coefficient (Wildman–Crippen LogP) is 10.6. The lowest BCUT2D eigenvalue weighted by molar-refractivity contribution is -0.164. The van der Waals surface area contributed by atoms with Crippen molar-refractivity contribution in [3.05, 3.63) is 165 Å². The van der Waals surface area contributed by atoms with Crippen LogP contribution in [0.4, 0.5) is 4.79 Å². The number of fused-ring (bicyclic) bond motifs is 8. The molecule has 68 heavy (non-hydrogen) atoms. The molecule has 3 aliphatic heterocycles. The van der Waals surface area contributed by atoms with Gasteiger partial charge >= 0.3 is 12.1 Å². The monoisotopic (exact) mass is 949 g/mol. The first-order valence-electron chi connectivity index (χ1n) is 22.0. The smallest absolute Gasteiger partial charge is 0.408 e. The van der Waals surface area contributed by atoms with E-state index in [0.717, 1.165) is 11.1 Å². The number of para-hydroxylation sites is 1. The molecule has 3 aromatic heterocycles. The number of aromatic nitrogens is 3. The Kier molecular flexibility index (Phi) is 10.7. The molecule has 4 atom stereocenters. The molecular weight excluding hydrogens is 910 g/mol. The lowest BCUT2D eigenvalue weighted by Gasteiger charge is -2.34. The number of nitrogens with zero attached hydrogens (tertiary/aromatic N) is 2. The quantitative estimate of drug-likeness (QED) is 0.123. The van der Waals surface area contributed by atoms with Gasteiger partial charge in [-0.2, -0.15) is 4.98 Å². The van der Waals surface area contributed by atoms with Gasteiger partial charge in [0.2, 0.25) is 11.8 Å². The fraction of sp³-hybridized carbons (Fsp3) is 0.212. The van der Waals surface area contributed by atoms with Gasteiger partial charge in [-0.15, -0.1) is 0 Å². The highest BCUT2D eigenvalue weighted by atomic mass is 35.5. The highest BCUT2D eigenvalue weighted by molar-refractivity contribution is 6.37. The zero-order valence-corrected chi connectivity index (χ0v) is 38.2. The molecule has 0 unspecified atom stereocenters. The van der Waals surface area contributed by atoms with Gasteiger partial charge in [-0.1, -0.05) is 140 Å². The van der Waals surface area contributed by atoms with Gasteiger partial charge < -0.3 is 43.4 Å². The molecule has 0 radical (unpaired) electrons. The van der Waals surface area contributed by atoms with Crippen LogP contribution in [-0.2, 0) is 44.1 Å². The molecule has 0 saturated heterocycles. The number of oxazole rings is 2. The van der Waals surface area contributed by atoms with Crippen LogP contribution in [0, 0.1) is 5.92 Å². The normalized spacial score (nSPS) is 18.9. The Balaban J connectivity index is 1.21. The van der Waals surface area contributed by atoms with E-state index >= 15 is 0 Å². The highest BCUT2D eigenvalue weighted by Gasteiger charge is 2.61. The first-order valence-corrected chi connectivity index (χ1v) is 22.8. The number of nitrogens with one attached hydrogen (secondary N) is 3. The number of hydrogen-bond acceptors (Lipinski definition) is 11. The minimum atomic E-state index is -1.76. The molecule has 3 aliphatic rings. The number of carbonyl (C=O) groups excluding carboxylic acids is 3. The van der Waals surface area contributed by atoms with Crippen molar-refractivity contribution < 1.29 is 42.2 Å². The molecule has 16 heteroatoms. The van der Waals surface area contributed by atoms with E-state index in [-0.39, 0.29) is 64.9 Å². The Morgan fingerprint density at radius 3 is 2.35 bits per heavy atom. The maximum absolute atomic E-state index is 14.7. The van der Waals surface area contributed by atoms with Crippen LogP contribution in [0.15, 0.2) is 124 Å². The first-order chi connectivity index (χ1) is 33.0. The maximum Gasteiger partial charge on any atom is 0.408 e. The van der Waals surface area contributed by atoms with Crippen LogP contribution in [0.1, 0.15) is 66.3 Å². The number of rotatable bonds is 8. The SMILES string of the molecule is CC(=O)O[C@@H]1Oc2c3cccc2[C@@]12c1cc(ccc1OCc1ccccc1)C[C@H](NC(=O)OCc1ccccc1)C(=O)N[C@@H](C(C)C)c1nc(c2o1)-c1nc(Cl)c(o1)-c1c(Cl)[nH]c2cccc-3c12. The largest absolute Gasteiger partial charge is 0.489 e. The van der Waals surface area contributed by atoms with Crippen LogP contribution in [-0.4, -0.2) is 45.3 Å². The lowest BCUT2D eigenvalue weighted by Crippen LogP contribution is -2.50. The van der Waals surface area contributed by atoms with Crippen LogP contribution < -0.4 is 20.1 Å². The van der Waals surface area contributed by atoms with E-state index in [9.17, 15) is 14.4 Å². The van der Waals surface area contributed by atoms with E-state index in [1.54, 1.807) is 6.07 Å². The van der Waals surface area contributed by atoms with Crippen molar-refractivity contribution in [2.75, 3.05) is 0 Å². The second kappa shape index (κ2) is 17.0. The number of carbonyl (C=O) groups is 3. The zero-order valence-electron chi connectivity index (χ0n) is 36.7. The molecule has 14 nitrogen and oxygen atoms in total. The van der Waals surface area contributed by atoms with Crippen molar-refractivity contribution in [2.45, 2.75) is 64.2 Å². The van der Waals surface area contributed by atoms with Crippen molar-refractivity contribution in [3.8, 4) is 45.5 Å². The molecule has 6 heterocycles. The van der Waals surface area contributed by atoms with E-state index in [2.05, 4.69) is 15.6 Å². The number of ether oxygens (including phenoxy) is 4. The molecule has 5 aromatic carbocycles. The fourth-order valence-corrected chi connectivity index (χ4v) is 9.97. The van der Waals surface area contributed by atoms with Crippen LogP contribution >= 0.6 is 23.2 Å². The zero-order chi connectivity index (χ0) is 46.8. The Morgan fingerprint density at radius 2 is 1.60 bits per heavy atom. The second-order valence-electron chi connectivity index (χ2n) is 17.3. The third-order valence-electron chi connectivity index (χ3n) is 12.6. The summed E-state index contributed by atoms with van der Waals surface area (Å²) in [4.78, 5) is 55.0. The van der Waals surface area contributed by atoms with E-state index in [1.807, 2.05) is 123 Å². The van der Waals surface area contributed by atoms with Gasteiger partial charge in [-0.3, -0.25) is 9.59 Å². The lowest BCUT2D eigenvalue weighted by atomic mass is 9.70. The number of alkyl carbamates (subject to hydrolysis) is 1. The van der Waals surface area contributed by atoms with E-state index in [1.165, 1.54) is 6.92 Å². The molecule has 11 rings (SSSR count). The minimum Gasteiger partial charge on any atom is -0.489 e. The van der Waals surface area contributed by atoms with Crippen LogP contribution in [0.25, 0.3) is 44.9 Å². The molecule has 2 amide bonds. The molecule has 3 N–H and O–H groups in total. The van der Waals surface area contributed by atoms with Gasteiger partial charge in [0, 0.05) is 40.9 Å². The van der Waals surface area contributed by atoms with Gasteiger partial charge in [0.1, 0.15) is 41.9 Å². The summed E-state index contributed by atoms with van der Waals surface area (Å²) in [6.07, 6.45) is -2.30. The van der Waals surface area contributed by atoms with Gasteiger partial charge in [0.15, 0.2) is 27.8 Å². The van der Waals surface area contributed by atoms with Gasteiger partial charge in [0.05, 0.1) is 5.56 Å². The summed E-state index contributed by atoms with van der Waals surface area (Å²) in [6, 6.07) is 33.6. The highest BCUT2D eigenvalue weighted by Crippen LogP contribution is 2.60. The number of H-pyrrole nitrogens is 1. The molecule has 0 fully saturated rings.